The molecule has 3 aromatic rings. The van der Waals surface area contributed by atoms with Crippen LogP contribution in [0.5, 0.6) is 0 Å². The molecule has 3 amide bonds. The molecule has 0 aliphatic carbocycles. The van der Waals surface area contributed by atoms with Crippen molar-refractivity contribution in [3.8, 4) is 11.3 Å². The summed E-state index contributed by atoms with van der Waals surface area (Å²) in [6.07, 6.45) is 0.567. The summed E-state index contributed by atoms with van der Waals surface area (Å²) in [6, 6.07) is 16.8. The van der Waals surface area contributed by atoms with Crippen molar-refractivity contribution in [2.45, 2.75) is 19.4 Å². The van der Waals surface area contributed by atoms with Gasteiger partial charge in [0.15, 0.2) is 5.01 Å². The van der Waals surface area contributed by atoms with Gasteiger partial charge in [0.1, 0.15) is 0 Å². The van der Waals surface area contributed by atoms with Crippen LogP contribution in [0, 0.1) is 0 Å². The van der Waals surface area contributed by atoms with Crippen LogP contribution in [0.25, 0.3) is 11.3 Å². The highest BCUT2D eigenvalue weighted by atomic mass is 32.1. The van der Waals surface area contributed by atoms with E-state index < -0.39 is 0 Å². The predicted molar refractivity (Wildman–Crippen MR) is 107 cm³/mol. The molecule has 7 heteroatoms. The topological polar surface area (TPSA) is 79.4 Å². The molecule has 0 atom stereocenters. The quantitative estimate of drug-likeness (QED) is 0.673. The summed E-state index contributed by atoms with van der Waals surface area (Å²) >= 11 is 1.29. The van der Waals surface area contributed by atoms with E-state index >= 15 is 0 Å². The van der Waals surface area contributed by atoms with E-state index in [4.69, 9.17) is 0 Å². The first-order valence-corrected chi connectivity index (χ1v) is 9.72. The van der Waals surface area contributed by atoms with Gasteiger partial charge in [-0.1, -0.05) is 42.5 Å². The van der Waals surface area contributed by atoms with Crippen LogP contribution in [-0.2, 0) is 16.1 Å². The van der Waals surface area contributed by atoms with Crippen LogP contribution < -0.4 is 5.32 Å². The van der Waals surface area contributed by atoms with Crippen molar-refractivity contribution in [3.63, 3.8) is 0 Å². The monoisotopic (exact) mass is 391 g/mol. The fraction of sp³-hybridized carbons (Fsp3) is 0.143. The lowest BCUT2D eigenvalue weighted by atomic mass is 10.2. The van der Waals surface area contributed by atoms with E-state index in [9.17, 15) is 14.4 Å². The molecule has 1 aliphatic rings. The molecule has 6 nitrogen and oxygen atoms in total. The van der Waals surface area contributed by atoms with Crippen LogP contribution in [0.4, 0.5) is 5.69 Å². The second-order valence-electron chi connectivity index (χ2n) is 6.43. The highest BCUT2D eigenvalue weighted by Gasteiger charge is 2.28. The molecule has 1 fully saturated rings. The molecule has 2 aromatic carbocycles. The van der Waals surface area contributed by atoms with Gasteiger partial charge in [0.05, 0.1) is 12.2 Å². The molecule has 1 aliphatic heterocycles. The van der Waals surface area contributed by atoms with Gasteiger partial charge in [0.25, 0.3) is 5.91 Å². The maximum atomic E-state index is 12.4. The van der Waals surface area contributed by atoms with Crippen molar-refractivity contribution in [3.05, 3.63) is 70.5 Å². The van der Waals surface area contributed by atoms with Gasteiger partial charge in [0, 0.05) is 29.5 Å². The molecule has 0 spiro atoms. The highest BCUT2D eigenvalue weighted by Crippen LogP contribution is 2.23. The van der Waals surface area contributed by atoms with Gasteiger partial charge < -0.3 is 5.32 Å². The van der Waals surface area contributed by atoms with Crippen LogP contribution >= 0.6 is 11.3 Å². The van der Waals surface area contributed by atoms with Gasteiger partial charge in [-0.25, -0.2) is 4.98 Å². The molecule has 1 aromatic heterocycles. The van der Waals surface area contributed by atoms with Crippen molar-refractivity contribution in [1.29, 1.82) is 0 Å². The summed E-state index contributed by atoms with van der Waals surface area (Å²) in [7, 11) is 0. The fourth-order valence-corrected chi connectivity index (χ4v) is 3.70. The molecule has 2 heterocycles. The van der Waals surface area contributed by atoms with Gasteiger partial charge in [-0.3, -0.25) is 19.3 Å². The van der Waals surface area contributed by atoms with Crippen LogP contribution in [0.15, 0.2) is 60.0 Å². The number of nitrogens with one attached hydrogen (secondary N) is 1. The summed E-state index contributed by atoms with van der Waals surface area (Å²) in [5.74, 6) is -0.550. The summed E-state index contributed by atoms with van der Waals surface area (Å²) in [5, 5.41) is 5.07. The van der Waals surface area contributed by atoms with Crippen LogP contribution in [0.2, 0.25) is 0 Å². The third-order valence-corrected chi connectivity index (χ3v) is 5.32. The molecule has 1 saturated heterocycles. The number of hydrogen-bond donors (Lipinski definition) is 1. The van der Waals surface area contributed by atoms with Gasteiger partial charge in [-0.2, -0.15) is 0 Å². The Morgan fingerprint density at radius 3 is 2.36 bits per heavy atom. The summed E-state index contributed by atoms with van der Waals surface area (Å²) in [4.78, 5) is 41.5. The van der Waals surface area contributed by atoms with E-state index in [-0.39, 0.29) is 37.1 Å². The first kappa shape index (κ1) is 18.1. The van der Waals surface area contributed by atoms with Crippen molar-refractivity contribution in [2.75, 3.05) is 5.32 Å². The standard InChI is InChI=1S/C21H17N3O3S/c25-18-10-11-19(26)24(18)12-14-6-8-16(9-7-14)22-20(27)21-23-17(13-28-21)15-4-2-1-3-5-15/h1-9,13H,10-12H2,(H,22,27). The number of likely N-dealkylation sites (tertiary alicyclic amines) is 1. The first-order valence-electron chi connectivity index (χ1n) is 8.84. The minimum Gasteiger partial charge on any atom is -0.320 e. The average Bonchev–Trinajstić information content (AvgIpc) is 3.33. The number of amides is 3. The van der Waals surface area contributed by atoms with Crippen LogP contribution in [-0.4, -0.2) is 27.6 Å². The molecule has 4 rings (SSSR count). The van der Waals surface area contributed by atoms with Crippen molar-refractivity contribution in [1.82, 2.24) is 9.88 Å². The summed E-state index contributed by atoms with van der Waals surface area (Å²) in [6.45, 7) is 0.263. The summed E-state index contributed by atoms with van der Waals surface area (Å²) < 4.78 is 0. The Bertz CT molecular complexity index is 1010. The van der Waals surface area contributed by atoms with E-state index in [1.165, 1.54) is 16.2 Å². The number of aromatic nitrogens is 1. The summed E-state index contributed by atoms with van der Waals surface area (Å²) in [5.41, 5.74) is 3.20. The molecule has 1 N–H and O–H groups in total. The molecular weight excluding hydrogens is 374 g/mol. The SMILES string of the molecule is O=C(Nc1ccc(CN2C(=O)CCC2=O)cc1)c1nc(-c2ccccc2)cs1. The van der Waals surface area contributed by atoms with Gasteiger partial charge in [-0.05, 0) is 17.7 Å². The maximum Gasteiger partial charge on any atom is 0.284 e. The second kappa shape index (κ2) is 7.74. The third-order valence-electron chi connectivity index (χ3n) is 4.48. The Morgan fingerprint density at radius 2 is 1.68 bits per heavy atom. The number of benzene rings is 2. The van der Waals surface area contributed by atoms with Crippen molar-refractivity contribution >= 4 is 34.7 Å². The zero-order valence-electron chi connectivity index (χ0n) is 14.9. The van der Waals surface area contributed by atoms with Gasteiger partial charge in [0.2, 0.25) is 11.8 Å². The van der Waals surface area contributed by atoms with E-state index in [0.717, 1.165) is 16.8 Å². The lowest BCUT2D eigenvalue weighted by Gasteiger charge is -2.14. The Morgan fingerprint density at radius 1 is 1.00 bits per heavy atom. The number of thiazole rings is 1. The average molecular weight is 391 g/mol. The molecule has 28 heavy (non-hydrogen) atoms. The maximum absolute atomic E-state index is 12.4. The third kappa shape index (κ3) is 3.84. The lowest BCUT2D eigenvalue weighted by Crippen LogP contribution is -2.28. The molecule has 0 radical (unpaired) electrons. The number of nitrogens with zero attached hydrogens (tertiary/aromatic N) is 2. The number of carbonyl (C=O) groups excluding carboxylic acids is 3. The van der Waals surface area contributed by atoms with E-state index in [1.807, 2.05) is 35.7 Å². The van der Waals surface area contributed by atoms with E-state index in [1.54, 1.807) is 24.3 Å². The van der Waals surface area contributed by atoms with Crippen molar-refractivity contribution < 1.29 is 14.4 Å². The number of anilines is 1. The van der Waals surface area contributed by atoms with Crippen molar-refractivity contribution in [2.24, 2.45) is 0 Å². The highest BCUT2D eigenvalue weighted by molar-refractivity contribution is 7.12. The zero-order valence-corrected chi connectivity index (χ0v) is 15.7. The van der Waals surface area contributed by atoms with E-state index in [0.29, 0.717) is 10.7 Å². The first-order chi connectivity index (χ1) is 13.6. The van der Waals surface area contributed by atoms with Gasteiger partial charge >= 0.3 is 0 Å². The second-order valence-corrected chi connectivity index (χ2v) is 7.29. The largest absolute Gasteiger partial charge is 0.320 e. The number of rotatable bonds is 5. The molecule has 140 valence electrons. The fourth-order valence-electron chi connectivity index (χ4n) is 2.98. The van der Waals surface area contributed by atoms with Gasteiger partial charge in [-0.15, -0.1) is 11.3 Å². The molecule has 0 unspecified atom stereocenters. The zero-order chi connectivity index (χ0) is 19.5. The van der Waals surface area contributed by atoms with Crippen LogP contribution in [0.3, 0.4) is 0 Å². The van der Waals surface area contributed by atoms with E-state index in [2.05, 4.69) is 10.3 Å². The predicted octanol–water partition coefficient (Wildman–Crippen LogP) is 3.71. The Balaban J connectivity index is 1.40. The Hall–Kier alpha value is -3.32. The Labute approximate surface area is 165 Å². The minimum absolute atomic E-state index is 0.139. The molecule has 0 bridgehead atoms. The number of carbonyl (C=O) groups is 3. The number of hydrogen-bond acceptors (Lipinski definition) is 5. The normalized spacial score (nSPS) is 13.8. The smallest absolute Gasteiger partial charge is 0.284 e. The lowest BCUT2D eigenvalue weighted by molar-refractivity contribution is -0.139. The Kier molecular flexibility index (Phi) is 4.99. The minimum atomic E-state index is -0.273. The van der Waals surface area contributed by atoms with Crippen LogP contribution in [0.1, 0.15) is 28.2 Å². The number of imide groups is 1. The molecule has 0 saturated carbocycles. The molecular formula is C21H17N3O3S.